The Kier molecular flexibility index (Phi) is 44.5. The molecule has 0 unspecified atom stereocenters. The second-order valence-electron chi connectivity index (χ2n) is 32.4. The zero-order valence-electron chi connectivity index (χ0n) is 83.7. The van der Waals surface area contributed by atoms with Gasteiger partial charge in [0.1, 0.15) is 91.5 Å². The fraction of sp³-hybridized carbons (Fsp3) is 0.291. The maximum Gasteiger partial charge on any atom is 0.411 e. The molecule has 0 aliphatic carbocycles. The molecule has 12 aromatic carbocycles. The van der Waals surface area contributed by atoms with Gasteiger partial charge in [0.15, 0.2) is 0 Å². The highest BCUT2D eigenvalue weighted by molar-refractivity contribution is 9.10. The fourth-order valence-electron chi connectivity index (χ4n) is 13.8. The molecule has 0 aliphatic rings. The van der Waals surface area contributed by atoms with Crippen LogP contribution in [-0.4, -0.2) is 92.9 Å². The first-order valence-electron chi connectivity index (χ1n) is 44.4. The molecular weight excluding hydrogens is 1860 g/mol. The van der Waals surface area contributed by atoms with Crippen molar-refractivity contribution in [2.75, 3.05) is 88.3 Å². The van der Waals surface area contributed by atoms with Crippen molar-refractivity contribution in [3.05, 3.63) is 337 Å². The molecule has 6 amide bonds. The highest BCUT2D eigenvalue weighted by atomic mass is 79.9. The molecule has 0 aromatic heterocycles. The van der Waals surface area contributed by atoms with Gasteiger partial charge in [-0.3, -0.25) is 31.9 Å². The van der Waals surface area contributed by atoms with Gasteiger partial charge in [0, 0.05) is 37.9 Å². The molecule has 0 fully saturated rings. The highest BCUT2D eigenvalue weighted by Gasteiger charge is 2.22. The molecule has 0 aliphatic heterocycles. The number of amides is 6. The van der Waals surface area contributed by atoms with Crippen LogP contribution in [0.15, 0.2) is 199 Å². The van der Waals surface area contributed by atoms with Crippen molar-refractivity contribution in [2.45, 2.75) is 164 Å². The lowest BCUT2D eigenvalue weighted by atomic mass is 10.0. The number of carbonyl (C=O) groups excluding carboxylic acids is 6. The summed E-state index contributed by atoms with van der Waals surface area (Å²) in [6.07, 6.45) is -3.38. The van der Waals surface area contributed by atoms with Crippen molar-refractivity contribution >= 4 is 98.2 Å². The Labute approximate surface area is 828 Å². The average molecular weight is 1990 g/mol. The smallest absolute Gasteiger partial charge is 0.411 e. The average Bonchev–Trinajstić information content (AvgIpc) is 0.812. The van der Waals surface area contributed by atoms with Gasteiger partial charge in [-0.1, -0.05) is 156 Å². The maximum atomic E-state index is 13.9. The first-order chi connectivity index (χ1) is 66.3. The second-order valence-corrected chi connectivity index (χ2v) is 33.7. The van der Waals surface area contributed by atoms with Gasteiger partial charge in [0.25, 0.3) is 0 Å². The van der Waals surface area contributed by atoms with Gasteiger partial charge in [0.2, 0.25) is 0 Å². The summed E-state index contributed by atoms with van der Waals surface area (Å²) in [5.41, 5.74) is 27.0. The molecule has 6 N–H and O–H groups in total. The van der Waals surface area contributed by atoms with Crippen LogP contribution in [0.2, 0.25) is 5.02 Å². The number of ether oxygens (including phenoxy) is 14. The summed E-state index contributed by atoms with van der Waals surface area (Å²) in [6, 6.07) is 61.0. The van der Waals surface area contributed by atoms with Crippen LogP contribution < -0.4 is 69.8 Å². The van der Waals surface area contributed by atoms with Crippen LogP contribution in [0.25, 0.3) is 0 Å². The zero-order valence-corrected chi connectivity index (χ0v) is 86.1. The van der Waals surface area contributed by atoms with Gasteiger partial charge in [-0.2, -0.15) is 0 Å². The van der Waals surface area contributed by atoms with Gasteiger partial charge >= 0.3 is 36.6 Å². The molecule has 0 saturated carbocycles. The maximum absolute atomic E-state index is 13.9. The van der Waals surface area contributed by atoms with Crippen molar-refractivity contribution in [1.82, 2.24) is 0 Å². The van der Waals surface area contributed by atoms with E-state index >= 15 is 0 Å². The molecule has 139 heavy (non-hydrogen) atoms. The largest absolute Gasteiger partial charge is 0.495 e. The van der Waals surface area contributed by atoms with E-state index in [2.05, 4.69) is 125 Å². The lowest BCUT2D eigenvalue weighted by Crippen LogP contribution is -2.15. The van der Waals surface area contributed by atoms with Crippen LogP contribution in [0.4, 0.5) is 67.3 Å². The van der Waals surface area contributed by atoms with E-state index in [4.69, 9.17) is 59.0 Å². The molecule has 26 nitrogen and oxygen atoms in total. The molecule has 12 rings (SSSR count). The summed E-state index contributed by atoms with van der Waals surface area (Å²) >= 11 is 9.60. The molecule has 12 aromatic rings. The molecule has 0 heterocycles. The molecule has 0 saturated heterocycles. The molecule has 29 heteroatoms. The molecule has 738 valence electrons. The van der Waals surface area contributed by atoms with Crippen LogP contribution in [0.1, 0.15) is 135 Å². The number of hydrogen-bond acceptors (Lipinski definition) is 20. The van der Waals surface area contributed by atoms with E-state index in [0.29, 0.717) is 84.5 Å². The van der Waals surface area contributed by atoms with E-state index in [0.717, 1.165) is 123 Å². The third-order valence-corrected chi connectivity index (χ3v) is 22.9. The van der Waals surface area contributed by atoms with Gasteiger partial charge < -0.3 is 66.3 Å². The van der Waals surface area contributed by atoms with Crippen molar-refractivity contribution in [3.63, 3.8) is 0 Å². The quantitative estimate of drug-likeness (QED) is 0.0261. The van der Waals surface area contributed by atoms with E-state index in [-0.39, 0.29) is 12.3 Å². The number of carbonyl (C=O) groups is 6. The summed E-state index contributed by atoms with van der Waals surface area (Å²) < 4.78 is 88.9. The van der Waals surface area contributed by atoms with Crippen molar-refractivity contribution in [3.8, 4) is 46.0 Å². The Morgan fingerprint density at radius 2 is 0.554 bits per heavy atom. The fourth-order valence-corrected chi connectivity index (χ4v) is 14.6. The third kappa shape index (κ3) is 34.2. The van der Waals surface area contributed by atoms with Crippen LogP contribution in [0.5, 0.6) is 46.0 Å². The summed E-state index contributed by atoms with van der Waals surface area (Å²) in [5, 5.41) is 16.3. The predicted molar refractivity (Wildman–Crippen MR) is 550 cm³/mol. The zero-order chi connectivity index (χ0) is 102. The van der Waals surface area contributed by atoms with Gasteiger partial charge in [-0.25, -0.2) is 33.2 Å². The molecule has 0 radical (unpaired) electrons. The van der Waals surface area contributed by atoms with E-state index in [1.807, 2.05) is 224 Å². The second kappa shape index (κ2) is 55.5. The number of para-hydroxylation sites is 5. The lowest BCUT2D eigenvalue weighted by molar-refractivity contribution is 0.185. The Balaban J connectivity index is 0.000000227. The van der Waals surface area contributed by atoms with Gasteiger partial charge in [-0.05, 0) is 285 Å². The van der Waals surface area contributed by atoms with Crippen molar-refractivity contribution in [2.24, 2.45) is 0 Å². The number of methoxy groups -OCH3 is 7. The monoisotopic (exact) mass is 1980 g/mol. The summed E-state index contributed by atoms with van der Waals surface area (Å²) in [6.45, 7) is 38.6. The minimum atomic E-state index is -0.723. The number of benzene rings is 12. The Morgan fingerprint density at radius 1 is 0.266 bits per heavy atom. The van der Waals surface area contributed by atoms with Crippen LogP contribution in [0, 0.1) is 124 Å². The molecule has 0 bridgehead atoms. The molecule has 0 spiro atoms. The lowest BCUT2D eigenvalue weighted by Gasteiger charge is -2.17. The number of rotatable bonds is 27. The minimum Gasteiger partial charge on any atom is -0.495 e. The first-order valence-corrected chi connectivity index (χ1v) is 45.6. The van der Waals surface area contributed by atoms with Crippen LogP contribution in [-0.2, 0) is 68.1 Å². The Hall–Kier alpha value is -14.6. The van der Waals surface area contributed by atoms with E-state index in [1.165, 1.54) is 93.2 Å². The summed E-state index contributed by atoms with van der Waals surface area (Å²) in [4.78, 5) is 69.1. The van der Waals surface area contributed by atoms with Crippen LogP contribution >= 0.6 is 27.5 Å². The van der Waals surface area contributed by atoms with E-state index in [1.54, 1.807) is 37.4 Å². The normalized spacial score (nSPS) is 10.2. The number of hydrogen-bond donors (Lipinski definition) is 6. The van der Waals surface area contributed by atoms with Gasteiger partial charge in [-0.15, -0.1) is 0 Å². The molecule has 0 atom stereocenters. The van der Waals surface area contributed by atoms with Crippen molar-refractivity contribution in [1.29, 1.82) is 0 Å². The number of nitrogens with one attached hydrogen (secondary N) is 6. The topological polar surface area (TPSA) is 304 Å². The molecular formula is C110H127BrClFN6O20. The minimum absolute atomic E-state index is 0.0702. The van der Waals surface area contributed by atoms with Crippen LogP contribution in [0.3, 0.4) is 0 Å². The highest BCUT2D eigenvalue weighted by Crippen LogP contribution is 2.37. The van der Waals surface area contributed by atoms with Crippen molar-refractivity contribution < 1.29 is 99.5 Å². The Bertz CT molecular complexity index is 5950. The van der Waals surface area contributed by atoms with Gasteiger partial charge in [0.05, 0.1) is 95.5 Å². The first kappa shape index (κ1) is 111. The number of aryl methyl sites for hydroxylation is 17. The standard InChI is InChI=1S/C19H23NO4.C19H23NO3.C18H20BrNO3.C18H20ClNO3.C18H20FNO3.C18H21NO4/c1-5-23-17-8-6-7-15(18(17)20-19(21)22-4)12-24-16-10-9-13(2)11-14(16)3;1-12-6-9-17(15(4)10-12)23-11-16-13(2)7-8-14(3)18(16)20-19(21)22-5;3*1-11-8-13(3)16(9-12(11)2)23-10-14-6-5-7-15(19)17(14)20-18(21)22-4;1-12-8-9-15(13(2)10-12)23-11-14-6-5-7-16(21-3)17(14)19-18(20)22-4/h6-11H,5,12H2,1-4H3,(H,20,21);6-10H,11H2,1-5H3,(H,20,21);3*5-9H,10H2,1-4H3,(H,20,21);5-10H,11H2,1-4H3,(H,19,20). The van der Waals surface area contributed by atoms with E-state index in [9.17, 15) is 33.2 Å². The summed E-state index contributed by atoms with van der Waals surface area (Å²) in [5.74, 6) is 5.47. The summed E-state index contributed by atoms with van der Waals surface area (Å²) in [7, 11) is 9.41. The number of anilines is 6. The van der Waals surface area contributed by atoms with E-state index < -0.39 is 42.4 Å². The Morgan fingerprint density at radius 3 is 0.935 bits per heavy atom. The third-order valence-electron chi connectivity index (χ3n) is 21.9. The SMILES string of the molecule is CCOc1cccc(COc2ccc(C)cc2C)c1NC(=O)OC.COC(=O)Nc1c(Br)cccc1COc1cc(C)c(C)cc1C.COC(=O)Nc1c(C)ccc(C)c1COc1ccc(C)cc1C.COC(=O)Nc1c(COc2ccc(C)cc2C)cccc1OC.COC(=O)Nc1c(Cl)cccc1COc1cc(C)c(C)cc1C.COC(=O)Nc1c(F)cccc1COc1cc(C)c(C)cc1C. The predicted octanol–water partition coefficient (Wildman–Crippen LogP) is 27.9. The number of halogens is 3.